The molecule has 0 unspecified atom stereocenters. The first-order chi connectivity index (χ1) is 9.56. The fourth-order valence-corrected chi connectivity index (χ4v) is 3.40. The van der Waals surface area contributed by atoms with Gasteiger partial charge in [0.1, 0.15) is 11.3 Å². The van der Waals surface area contributed by atoms with Crippen molar-refractivity contribution in [3.05, 3.63) is 28.8 Å². The summed E-state index contributed by atoms with van der Waals surface area (Å²) in [5.41, 5.74) is 0.0579. The van der Waals surface area contributed by atoms with E-state index >= 15 is 0 Å². The molecule has 1 aromatic carbocycles. The number of nitrogens with zero attached hydrogens (tertiary/aromatic N) is 1. The number of hydrogen-bond donors (Lipinski definition) is 1. The molecule has 0 spiro atoms. The summed E-state index contributed by atoms with van der Waals surface area (Å²) in [5.74, 6) is 1.82. The van der Waals surface area contributed by atoms with Gasteiger partial charge in [-0.05, 0) is 31.2 Å². The van der Waals surface area contributed by atoms with E-state index < -0.39 is 5.54 Å². The molecule has 1 heterocycles. The van der Waals surface area contributed by atoms with Crippen LogP contribution in [0.15, 0.2) is 18.2 Å². The number of nitrogens with one attached hydrogen (secondary N) is 1. The molecule has 20 heavy (non-hydrogen) atoms. The third kappa shape index (κ3) is 3.38. The summed E-state index contributed by atoms with van der Waals surface area (Å²) in [6, 6.07) is 7.50. The molecule has 1 aliphatic heterocycles. The monoisotopic (exact) mass is 310 g/mol. The molecule has 2 rings (SSSR count). The molecule has 0 aromatic heterocycles. The Balaban J connectivity index is 1.93. The van der Waals surface area contributed by atoms with Crippen molar-refractivity contribution < 1.29 is 9.53 Å². The quantitative estimate of drug-likeness (QED) is 0.928. The first kappa shape index (κ1) is 15.0. The number of benzene rings is 1. The number of thioether (sulfide) groups is 1. The van der Waals surface area contributed by atoms with Crippen LogP contribution in [0.2, 0.25) is 5.02 Å². The molecule has 106 valence electrons. The highest BCUT2D eigenvalue weighted by Crippen LogP contribution is 2.27. The number of halogens is 1. The van der Waals surface area contributed by atoms with Crippen molar-refractivity contribution in [3.63, 3.8) is 0 Å². The third-order valence-electron chi connectivity index (χ3n) is 3.19. The van der Waals surface area contributed by atoms with Gasteiger partial charge in [-0.3, -0.25) is 4.79 Å². The molecule has 4 nitrogen and oxygen atoms in total. The molecule has 1 amide bonds. The zero-order valence-electron chi connectivity index (χ0n) is 11.1. The van der Waals surface area contributed by atoms with Crippen molar-refractivity contribution in [2.45, 2.75) is 18.9 Å². The predicted molar refractivity (Wildman–Crippen MR) is 80.1 cm³/mol. The maximum Gasteiger partial charge on any atom is 0.259 e. The number of amides is 1. The fraction of sp³-hybridized carbons (Fsp3) is 0.429. The SMILES string of the molecule is Cc1c(Cl)cccc1OCC(=O)N[C@@]1(C#N)CCSC1. The molecular weight excluding hydrogens is 296 g/mol. The fourth-order valence-electron chi connectivity index (χ4n) is 1.97. The van der Waals surface area contributed by atoms with Crippen molar-refractivity contribution in [2.24, 2.45) is 0 Å². The second kappa shape index (κ2) is 6.38. The minimum Gasteiger partial charge on any atom is -0.483 e. The molecule has 1 aromatic rings. The maximum absolute atomic E-state index is 11.9. The molecule has 1 atom stereocenters. The van der Waals surface area contributed by atoms with Gasteiger partial charge in [-0.2, -0.15) is 17.0 Å². The molecule has 1 fully saturated rings. The molecule has 0 saturated carbocycles. The van der Waals surface area contributed by atoms with Gasteiger partial charge in [0.05, 0.1) is 6.07 Å². The summed E-state index contributed by atoms with van der Waals surface area (Å²) in [4.78, 5) is 11.9. The molecule has 1 saturated heterocycles. The Labute approximate surface area is 127 Å². The number of ether oxygens (including phenoxy) is 1. The van der Waals surface area contributed by atoms with Gasteiger partial charge >= 0.3 is 0 Å². The summed E-state index contributed by atoms with van der Waals surface area (Å²) < 4.78 is 5.47. The minimum absolute atomic E-state index is 0.116. The number of carbonyl (C=O) groups is 1. The van der Waals surface area contributed by atoms with E-state index in [1.165, 1.54) is 0 Å². The van der Waals surface area contributed by atoms with E-state index in [1.807, 2.05) is 6.92 Å². The van der Waals surface area contributed by atoms with Crippen LogP contribution in [0.25, 0.3) is 0 Å². The van der Waals surface area contributed by atoms with E-state index in [9.17, 15) is 10.1 Å². The highest BCUT2D eigenvalue weighted by molar-refractivity contribution is 7.99. The standard InChI is InChI=1S/C14H15ClN2O2S/c1-10-11(15)3-2-4-12(10)19-7-13(18)17-14(8-16)5-6-20-9-14/h2-4H,5-7,9H2,1H3,(H,17,18)/t14-/m1/s1. The van der Waals surface area contributed by atoms with Crippen molar-refractivity contribution >= 4 is 29.3 Å². The van der Waals surface area contributed by atoms with Crippen LogP contribution in [0.4, 0.5) is 0 Å². The molecule has 6 heteroatoms. The average molecular weight is 311 g/mol. The number of hydrogen-bond acceptors (Lipinski definition) is 4. The lowest BCUT2D eigenvalue weighted by atomic mass is 10.0. The van der Waals surface area contributed by atoms with E-state index in [2.05, 4.69) is 11.4 Å². The summed E-state index contributed by atoms with van der Waals surface area (Å²) in [6.45, 7) is 1.72. The smallest absolute Gasteiger partial charge is 0.259 e. The normalized spacial score (nSPS) is 21.2. The lowest BCUT2D eigenvalue weighted by Crippen LogP contribution is -2.49. The van der Waals surface area contributed by atoms with Crippen LogP contribution >= 0.6 is 23.4 Å². The molecule has 0 bridgehead atoms. The summed E-state index contributed by atoms with van der Waals surface area (Å²) >= 11 is 7.66. The topological polar surface area (TPSA) is 62.1 Å². The molecule has 1 aliphatic rings. The van der Waals surface area contributed by atoms with Gasteiger partial charge in [-0.15, -0.1) is 0 Å². The van der Waals surface area contributed by atoms with Crippen LogP contribution in [0.5, 0.6) is 5.75 Å². The van der Waals surface area contributed by atoms with Gasteiger partial charge in [0.2, 0.25) is 0 Å². The van der Waals surface area contributed by atoms with Gasteiger partial charge < -0.3 is 10.1 Å². The van der Waals surface area contributed by atoms with Crippen molar-refractivity contribution in [2.75, 3.05) is 18.1 Å². The largest absolute Gasteiger partial charge is 0.483 e. The van der Waals surface area contributed by atoms with Gasteiger partial charge in [0.15, 0.2) is 6.61 Å². The lowest BCUT2D eigenvalue weighted by Gasteiger charge is -2.21. The van der Waals surface area contributed by atoms with Crippen LogP contribution in [-0.2, 0) is 4.79 Å². The molecular formula is C14H15ClN2O2S. The van der Waals surface area contributed by atoms with Gasteiger partial charge in [0.25, 0.3) is 5.91 Å². The first-order valence-corrected chi connectivity index (χ1v) is 7.77. The number of carbonyl (C=O) groups excluding carboxylic acids is 1. The van der Waals surface area contributed by atoms with Crippen LogP contribution in [-0.4, -0.2) is 29.6 Å². The highest BCUT2D eigenvalue weighted by Gasteiger charge is 2.36. The lowest BCUT2D eigenvalue weighted by molar-refractivity contribution is -0.124. The first-order valence-electron chi connectivity index (χ1n) is 6.24. The summed E-state index contributed by atoms with van der Waals surface area (Å²) in [5, 5.41) is 12.6. The zero-order valence-corrected chi connectivity index (χ0v) is 12.7. The third-order valence-corrected chi connectivity index (χ3v) is 4.79. The Kier molecular flexibility index (Phi) is 4.79. The van der Waals surface area contributed by atoms with Crippen molar-refractivity contribution in [1.82, 2.24) is 5.32 Å². The summed E-state index contributed by atoms with van der Waals surface area (Å²) in [6.07, 6.45) is 0.677. The van der Waals surface area contributed by atoms with E-state index in [1.54, 1.807) is 30.0 Å². The van der Waals surface area contributed by atoms with E-state index in [-0.39, 0.29) is 12.5 Å². The Hall–Kier alpha value is -1.38. The van der Waals surface area contributed by atoms with Crippen LogP contribution in [0, 0.1) is 18.3 Å². The van der Waals surface area contributed by atoms with Crippen molar-refractivity contribution in [1.29, 1.82) is 5.26 Å². The predicted octanol–water partition coefficient (Wildman–Crippen LogP) is 2.54. The molecule has 0 radical (unpaired) electrons. The molecule has 1 N–H and O–H groups in total. The van der Waals surface area contributed by atoms with Crippen LogP contribution < -0.4 is 10.1 Å². The Morgan fingerprint density at radius 3 is 3.10 bits per heavy atom. The Morgan fingerprint density at radius 2 is 2.45 bits per heavy atom. The molecule has 0 aliphatic carbocycles. The second-order valence-electron chi connectivity index (χ2n) is 4.70. The van der Waals surface area contributed by atoms with Crippen LogP contribution in [0.1, 0.15) is 12.0 Å². The van der Waals surface area contributed by atoms with Crippen LogP contribution in [0.3, 0.4) is 0 Å². The van der Waals surface area contributed by atoms with Gasteiger partial charge in [-0.1, -0.05) is 17.7 Å². The van der Waals surface area contributed by atoms with Gasteiger partial charge in [0, 0.05) is 16.3 Å². The van der Waals surface area contributed by atoms with E-state index in [4.69, 9.17) is 16.3 Å². The van der Waals surface area contributed by atoms with Gasteiger partial charge in [-0.25, -0.2) is 0 Å². The van der Waals surface area contributed by atoms with E-state index in [0.29, 0.717) is 22.9 Å². The minimum atomic E-state index is -0.742. The number of nitriles is 1. The van der Waals surface area contributed by atoms with Crippen molar-refractivity contribution in [3.8, 4) is 11.8 Å². The average Bonchev–Trinajstić information content (AvgIpc) is 2.89. The Morgan fingerprint density at radius 1 is 1.65 bits per heavy atom. The second-order valence-corrected chi connectivity index (χ2v) is 6.21. The maximum atomic E-state index is 11.9. The highest BCUT2D eigenvalue weighted by atomic mass is 35.5. The summed E-state index contributed by atoms with van der Waals surface area (Å²) in [7, 11) is 0. The number of rotatable bonds is 4. The zero-order chi connectivity index (χ0) is 14.6. The Bertz CT molecular complexity index is 551. The van der Waals surface area contributed by atoms with E-state index in [0.717, 1.165) is 11.3 Å².